The molecule has 0 aliphatic heterocycles. The summed E-state index contributed by atoms with van der Waals surface area (Å²) in [6.07, 6.45) is 0.813. The van der Waals surface area contributed by atoms with E-state index in [9.17, 15) is 14.0 Å². The van der Waals surface area contributed by atoms with Crippen molar-refractivity contribution in [1.82, 2.24) is 10.6 Å². The highest BCUT2D eigenvalue weighted by molar-refractivity contribution is 5.76. The second-order valence-corrected chi connectivity index (χ2v) is 3.96. The molecule has 0 fully saturated rings. The van der Waals surface area contributed by atoms with Crippen LogP contribution >= 0.6 is 0 Å². The Labute approximate surface area is 106 Å². The van der Waals surface area contributed by atoms with Gasteiger partial charge >= 0.3 is 0 Å². The quantitative estimate of drug-likeness (QED) is 0.742. The molecule has 5 heteroatoms. The van der Waals surface area contributed by atoms with Crippen LogP contribution in [0.25, 0.3) is 0 Å². The summed E-state index contributed by atoms with van der Waals surface area (Å²) in [6.45, 7) is 2.24. The lowest BCUT2D eigenvalue weighted by molar-refractivity contribution is -0.122. The predicted molar refractivity (Wildman–Crippen MR) is 66.4 cm³/mol. The average molecular weight is 252 g/mol. The summed E-state index contributed by atoms with van der Waals surface area (Å²) in [4.78, 5) is 22.0. The van der Waals surface area contributed by atoms with E-state index in [1.165, 1.54) is 19.1 Å². The Morgan fingerprint density at radius 1 is 1.22 bits per heavy atom. The zero-order valence-electron chi connectivity index (χ0n) is 10.3. The van der Waals surface area contributed by atoms with E-state index < -0.39 is 0 Å². The number of nitrogens with one attached hydrogen (secondary N) is 2. The summed E-state index contributed by atoms with van der Waals surface area (Å²) in [6, 6.07) is 6.20. The van der Waals surface area contributed by atoms with E-state index in [0.29, 0.717) is 25.9 Å². The molecule has 0 radical (unpaired) electrons. The summed E-state index contributed by atoms with van der Waals surface area (Å²) < 4.78 is 12.9. The smallest absolute Gasteiger partial charge is 0.220 e. The molecule has 0 atom stereocenters. The van der Waals surface area contributed by atoms with Crippen LogP contribution in [-0.4, -0.2) is 24.9 Å². The first-order valence-corrected chi connectivity index (χ1v) is 5.83. The van der Waals surface area contributed by atoms with Gasteiger partial charge in [-0.2, -0.15) is 0 Å². The van der Waals surface area contributed by atoms with Crippen molar-refractivity contribution in [2.45, 2.75) is 19.8 Å². The molecule has 0 aromatic heterocycles. The first kappa shape index (κ1) is 14.2. The maximum absolute atomic E-state index is 12.9. The van der Waals surface area contributed by atoms with E-state index in [0.717, 1.165) is 5.56 Å². The topological polar surface area (TPSA) is 58.2 Å². The zero-order chi connectivity index (χ0) is 13.4. The number of hydrogen-bond acceptors (Lipinski definition) is 2. The number of rotatable bonds is 6. The standard InChI is InChI=1S/C13H17FN2O2/c1-10(17)15-7-8-16-13(18)6-5-11-3-2-4-12(14)9-11/h2-4,9H,5-8H2,1H3,(H,15,17)(H,16,18). The highest BCUT2D eigenvalue weighted by Gasteiger charge is 2.02. The van der Waals surface area contributed by atoms with Gasteiger partial charge < -0.3 is 10.6 Å². The fourth-order valence-corrected chi connectivity index (χ4v) is 1.48. The van der Waals surface area contributed by atoms with Gasteiger partial charge in [0.1, 0.15) is 5.82 Å². The lowest BCUT2D eigenvalue weighted by Gasteiger charge is -2.05. The van der Waals surface area contributed by atoms with E-state index in [4.69, 9.17) is 0 Å². The number of benzene rings is 1. The van der Waals surface area contributed by atoms with Crippen LogP contribution in [0.2, 0.25) is 0 Å². The number of carbonyl (C=O) groups is 2. The fraction of sp³-hybridized carbons (Fsp3) is 0.385. The first-order valence-electron chi connectivity index (χ1n) is 5.83. The maximum Gasteiger partial charge on any atom is 0.220 e. The minimum absolute atomic E-state index is 0.107. The van der Waals surface area contributed by atoms with Crippen molar-refractivity contribution >= 4 is 11.8 Å². The Balaban J connectivity index is 2.19. The molecule has 18 heavy (non-hydrogen) atoms. The van der Waals surface area contributed by atoms with Gasteiger partial charge in [-0.25, -0.2) is 4.39 Å². The van der Waals surface area contributed by atoms with Crippen molar-refractivity contribution in [3.05, 3.63) is 35.6 Å². The second kappa shape index (κ2) is 7.42. The third-order valence-electron chi connectivity index (χ3n) is 2.35. The molecule has 0 heterocycles. The van der Waals surface area contributed by atoms with Crippen molar-refractivity contribution in [2.75, 3.05) is 13.1 Å². The normalized spacial score (nSPS) is 9.89. The highest BCUT2D eigenvalue weighted by Crippen LogP contribution is 2.05. The summed E-state index contributed by atoms with van der Waals surface area (Å²) in [5.41, 5.74) is 0.798. The minimum atomic E-state index is -0.293. The average Bonchev–Trinajstić information content (AvgIpc) is 2.32. The third kappa shape index (κ3) is 5.98. The van der Waals surface area contributed by atoms with Gasteiger partial charge in [-0.05, 0) is 24.1 Å². The van der Waals surface area contributed by atoms with Gasteiger partial charge in [0.2, 0.25) is 11.8 Å². The summed E-state index contributed by atoms with van der Waals surface area (Å²) in [5, 5.41) is 5.25. The number of carbonyl (C=O) groups excluding carboxylic acids is 2. The summed E-state index contributed by atoms with van der Waals surface area (Å²) in [7, 11) is 0. The fourth-order valence-electron chi connectivity index (χ4n) is 1.48. The Bertz CT molecular complexity index is 421. The second-order valence-electron chi connectivity index (χ2n) is 3.96. The van der Waals surface area contributed by atoms with Gasteiger partial charge in [0.15, 0.2) is 0 Å². The van der Waals surface area contributed by atoms with E-state index in [1.807, 2.05) is 0 Å². The summed E-state index contributed by atoms with van der Waals surface area (Å²) >= 11 is 0. The van der Waals surface area contributed by atoms with Gasteiger partial charge in [-0.15, -0.1) is 0 Å². The maximum atomic E-state index is 12.9. The number of halogens is 1. The molecule has 1 aromatic rings. The lowest BCUT2D eigenvalue weighted by Crippen LogP contribution is -2.33. The van der Waals surface area contributed by atoms with E-state index >= 15 is 0 Å². The molecular formula is C13H17FN2O2. The highest BCUT2D eigenvalue weighted by atomic mass is 19.1. The van der Waals surface area contributed by atoms with E-state index in [2.05, 4.69) is 10.6 Å². The molecule has 0 unspecified atom stereocenters. The van der Waals surface area contributed by atoms with Crippen molar-refractivity contribution in [3.63, 3.8) is 0 Å². The van der Waals surface area contributed by atoms with Crippen molar-refractivity contribution < 1.29 is 14.0 Å². The van der Waals surface area contributed by atoms with Crippen LogP contribution < -0.4 is 10.6 Å². The molecule has 98 valence electrons. The van der Waals surface area contributed by atoms with Crippen molar-refractivity contribution in [2.24, 2.45) is 0 Å². The Hall–Kier alpha value is -1.91. The van der Waals surface area contributed by atoms with E-state index in [-0.39, 0.29) is 17.6 Å². The van der Waals surface area contributed by atoms with Crippen molar-refractivity contribution in [3.8, 4) is 0 Å². The molecule has 0 saturated carbocycles. The van der Waals surface area contributed by atoms with Crippen LogP contribution in [0.5, 0.6) is 0 Å². The largest absolute Gasteiger partial charge is 0.355 e. The monoisotopic (exact) mass is 252 g/mol. The molecule has 0 aliphatic carbocycles. The SMILES string of the molecule is CC(=O)NCCNC(=O)CCc1cccc(F)c1. The van der Waals surface area contributed by atoms with Crippen LogP contribution in [0.1, 0.15) is 18.9 Å². The molecule has 0 bridgehead atoms. The van der Waals surface area contributed by atoms with Gasteiger partial charge in [-0.3, -0.25) is 9.59 Å². The summed E-state index contributed by atoms with van der Waals surface area (Å²) in [5.74, 6) is -0.521. The molecular weight excluding hydrogens is 235 g/mol. The van der Waals surface area contributed by atoms with Gasteiger partial charge in [-0.1, -0.05) is 12.1 Å². The number of amides is 2. The van der Waals surface area contributed by atoms with Gasteiger partial charge in [0.25, 0.3) is 0 Å². The molecule has 4 nitrogen and oxygen atoms in total. The van der Waals surface area contributed by atoms with Crippen LogP contribution in [0.4, 0.5) is 4.39 Å². The Morgan fingerprint density at radius 2 is 1.94 bits per heavy atom. The van der Waals surface area contributed by atoms with Crippen LogP contribution in [0, 0.1) is 5.82 Å². The third-order valence-corrected chi connectivity index (χ3v) is 2.35. The predicted octanol–water partition coefficient (Wildman–Crippen LogP) is 1.01. The molecule has 0 saturated heterocycles. The molecule has 1 aromatic carbocycles. The molecule has 2 amide bonds. The molecule has 1 rings (SSSR count). The Kier molecular flexibility index (Phi) is 5.84. The van der Waals surface area contributed by atoms with Crippen LogP contribution in [0.15, 0.2) is 24.3 Å². The van der Waals surface area contributed by atoms with Crippen molar-refractivity contribution in [1.29, 1.82) is 0 Å². The van der Waals surface area contributed by atoms with Crippen LogP contribution in [0.3, 0.4) is 0 Å². The van der Waals surface area contributed by atoms with E-state index in [1.54, 1.807) is 12.1 Å². The first-order chi connectivity index (χ1) is 8.58. The van der Waals surface area contributed by atoms with Gasteiger partial charge in [0.05, 0.1) is 0 Å². The lowest BCUT2D eigenvalue weighted by atomic mass is 10.1. The Morgan fingerprint density at radius 3 is 2.61 bits per heavy atom. The molecule has 0 aliphatic rings. The minimum Gasteiger partial charge on any atom is -0.355 e. The van der Waals surface area contributed by atoms with Crippen LogP contribution in [-0.2, 0) is 16.0 Å². The number of hydrogen-bond donors (Lipinski definition) is 2. The van der Waals surface area contributed by atoms with Gasteiger partial charge in [0, 0.05) is 26.4 Å². The molecule has 0 spiro atoms. The zero-order valence-corrected chi connectivity index (χ0v) is 10.3. The number of aryl methyl sites for hydroxylation is 1. The molecule has 2 N–H and O–H groups in total.